The molecule has 0 radical (unpaired) electrons. The first-order valence-corrected chi connectivity index (χ1v) is 5.83. The summed E-state index contributed by atoms with van der Waals surface area (Å²) >= 11 is 1.63. The molecular formula is C11H17NOS. The fraction of sp³-hybridized carbons (Fsp3) is 0.545. The predicted octanol–water partition coefficient (Wildman–Crippen LogP) is 2.63. The molecule has 0 fully saturated rings. The van der Waals surface area contributed by atoms with E-state index in [2.05, 4.69) is 12.2 Å². The third-order valence-corrected chi connectivity index (χ3v) is 3.05. The SMILES string of the molecule is CCNC(C)CC(=O)c1ccsc1C. The standard InChI is InChI=1S/C11H17NOS/c1-4-12-8(2)7-11(13)10-5-6-14-9(10)3/h5-6,8,12H,4,7H2,1-3H3. The molecule has 0 saturated carbocycles. The average molecular weight is 211 g/mol. The van der Waals surface area contributed by atoms with Crippen molar-refractivity contribution in [2.45, 2.75) is 33.2 Å². The van der Waals surface area contributed by atoms with Crippen LogP contribution in [0.2, 0.25) is 0 Å². The van der Waals surface area contributed by atoms with Gasteiger partial charge in [0.25, 0.3) is 0 Å². The number of Topliss-reactive ketones (excluding diaryl/α,β-unsaturated/α-hetero) is 1. The first-order chi connectivity index (χ1) is 6.65. The van der Waals surface area contributed by atoms with Crippen molar-refractivity contribution in [2.75, 3.05) is 6.54 Å². The van der Waals surface area contributed by atoms with Crippen LogP contribution in [0.4, 0.5) is 0 Å². The van der Waals surface area contributed by atoms with Gasteiger partial charge in [0.1, 0.15) is 0 Å². The molecule has 3 heteroatoms. The predicted molar refractivity (Wildman–Crippen MR) is 61.1 cm³/mol. The number of rotatable bonds is 5. The Kier molecular flexibility index (Phi) is 4.29. The lowest BCUT2D eigenvalue weighted by atomic mass is 10.1. The number of ketones is 1. The first kappa shape index (κ1) is 11.4. The highest BCUT2D eigenvalue weighted by Gasteiger charge is 2.12. The zero-order chi connectivity index (χ0) is 10.6. The van der Waals surface area contributed by atoms with Crippen LogP contribution >= 0.6 is 11.3 Å². The van der Waals surface area contributed by atoms with Crippen LogP contribution in [0.25, 0.3) is 0 Å². The zero-order valence-electron chi connectivity index (χ0n) is 8.96. The van der Waals surface area contributed by atoms with Crippen molar-refractivity contribution in [3.8, 4) is 0 Å². The molecule has 0 bridgehead atoms. The number of hydrogen-bond donors (Lipinski definition) is 1. The first-order valence-electron chi connectivity index (χ1n) is 4.95. The van der Waals surface area contributed by atoms with Gasteiger partial charge in [-0.15, -0.1) is 11.3 Å². The van der Waals surface area contributed by atoms with Gasteiger partial charge in [0.05, 0.1) is 0 Å². The van der Waals surface area contributed by atoms with Gasteiger partial charge in [0.15, 0.2) is 5.78 Å². The molecule has 0 aliphatic heterocycles. The van der Waals surface area contributed by atoms with Gasteiger partial charge in [0, 0.05) is 22.9 Å². The molecule has 14 heavy (non-hydrogen) atoms. The summed E-state index contributed by atoms with van der Waals surface area (Å²) in [6.45, 7) is 7.01. The second-order valence-corrected chi connectivity index (χ2v) is 4.60. The molecule has 0 amide bonds. The van der Waals surface area contributed by atoms with Gasteiger partial charge in [-0.1, -0.05) is 6.92 Å². The maximum Gasteiger partial charge on any atom is 0.165 e. The Labute approximate surface area is 89.3 Å². The number of nitrogens with one attached hydrogen (secondary N) is 1. The molecule has 1 N–H and O–H groups in total. The van der Waals surface area contributed by atoms with E-state index in [1.165, 1.54) is 0 Å². The summed E-state index contributed by atoms with van der Waals surface area (Å²) in [7, 11) is 0. The van der Waals surface area contributed by atoms with Gasteiger partial charge in [0.2, 0.25) is 0 Å². The number of thiophene rings is 1. The fourth-order valence-corrected chi connectivity index (χ4v) is 2.20. The van der Waals surface area contributed by atoms with E-state index in [1.54, 1.807) is 11.3 Å². The van der Waals surface area contributed by atoms with Crippen LogP contribution in [0.5, 0.6) is 0 Å². The minimum atomic E-state index is 0.247. The van der Waals surface area contributed by atoms with Crippen LogP contribution < -0.4 is 5.32 Å². The van der Waals surface area contributed by atoms with Gasteiger partial charge in [-0.05, 0) is 31.8 Å². The Morgan fingerprint density at radius 3 is 2.86 bits per heavy atom. The van der Waals surface area contributed by atoms with Crippen LogP contribution in [0.15, 0.2) is 11.4 Å². The molecule has 0 aliphatic carbocycles. The van der Waals surface area contributed by atoms with Crippen molar-refractivity contribution in [1.29, 1.82) is 0 Å². The van der Waals surface area contributed by atoms with E-state index < -0.39 is 0 Å². The lowest BCUT2D eigenvalue weighted by Crippen LogP contribution is -2.28. The highest BCUT2D eigenvalue weighted by atomic mass is 32.1. The van der Waals surface area contributed by atoms with Gasteiger partial charge in [-0.3, -0.25) is 4.79 Å². The fourth-order valence-electron chi connectivity index (χ4n) is 1.48. The lowest BCUT2D eigenvalue weighted by Gasteiger charge is -2.10. The number of carbonyl (C=O) groups excluding carboxylic acids is 1. The van der Waals surface area contributed by atoms with Gasteiger partial charge < -0.3 is 5.32 Å². The van der Waals surface area contributed by atoms with Crippen molar-refractivity contribution in [2.24, 2.45) is 0 Å². The summed E-state index contributed by atoms with van der Waals surface area (Å²) in [6.07, 6.45) is 0.589. The van der Waals surface area contributed by atoms with Crippen LogP contribution in [0.3, 0.4) is 0 Å². The molecule has 0 aromatic carbocycles. The molecule has 2 nitrogen and oxygen atoms in total. The minimum Gasteiger partial charge on any atom is -0.314 e. The highest BCUT2D eigenvalue weighted by Crippen LogP contribution is 2.17. The summed E-state index contributed by atoms with van der Waals surface area (Å²) in [5, 5.41) is 5.21. The zero-order valence-corrected chi connectivity index (χ0v) is 9.78. The molecule has 1 heterocycles. The maximum atomic E-state index is 11.8. The number of hydrogen-bond acceptors (Lipinski definition) is 3. The Bertz CT molecular complexity index is 306. The van der Waals surface area contributed by atoms with E-state index in [1.807, 2.05) is 25.3 Å². The lowest BCUT2D eigenvalue weighted by molar-refractivity contribution is 0.0972. The molecule has 0 saturated heterocycles. The normalized spacial score (nSPS) is 12.8. The minimum absolute atomic E-state index is 0.247. The largest absolute Gasteiger partial charge is 0.314 e. The second-order valence-electron chi connectivity index (χ2n) is 3.48. The Morgan fingerprint density at radius 1 is 1.64 bits per heavy atom. The van der Waals surface area contributed by atoms with E-state index in [-0.39, 0.29) is 11.8 Å². The molecular weight excluding hydrogens is 194 g/mol. The molecule has 1 unspecified atom stereocenters. The van der Waals surface area contributed by atoms with E-state index in [4.69, 9.17) is 0 Å². The molecule has 1 aromatic rings. The monoisotopic (exact) mass is 211 g/mol. The van der Waals surface area contributed by atoms with Crippen molar-refractivity contribution >= 4 is 17.1 Å². The van der Waals surface area contributed by atoms with Crippen molar-refractivity contribution in [3.63, 3.8) is 0 Å². The summed E-state index contributed by atoms with van der Waals surface area (Å²) in [6, 6.07) is 2.19. The van der Waals surface area contributed by atoms with Gasteiger partial charge in [-0.25, -0.2) is 0 Å². The van der Waals surface area contributed by atoms with Crippen LogP contribution in [0, 0.1) is 6.92 Å². The van der Waals surface area contributed by atoms with Gasteiger partial charge >= 0.3 is 0 Å². The number of aryl methyl sites for hydroxylation is 1. The van der Waals surface area contributed by atoms with Gasteiger partial charge in [-0.2, -0.15) is 0 Å². The smallest absolute Gasteiger partial charge is 0.165 e. The number of carbonyl (C=O) groups is 1. The molecule has 1 aromatic heterocycles. The van der Waals surface area contributed by atoms with E-state index in [0.717, 1.165) is 17.0 Å². The Morgan fingerprint density at radius 2 is 2.36 bits per heavy atom. The quantitative estimate of drug-likeness (QED) is 0.759. The molecule has 1 atom stereocenters. The third kappa shape index (κ3) is 2.93. The van der Waals surface area contributed by atoms with Crippen molar-refractivity contribution < 1.29 is 4.79 Å². The van der Waals surface area contributed by atoms with E-state index in [0.29, 0.717) is 6.42 Å². The summed E-state index contributed by atoms with van der Waals surface area (Å²) in [5.74, 6) is 0.247. The molecule has 0 spiro atoms. The Balaban J connectivity index is 2.55. The second kappa shape index (κ2) is 5.27. The van der Waals surface area contributed by atoms with Crippen molar-refractivity contribution in [1.82, 2.24) is 5.32 Å². The summed E-state index contributed by atoms with van der Waals surface area (Å²) < 4.78 is 0. The molecule has 1 rings (SSSR count). The molecule has 0 aliphatic rings. The third-order valence-electron chi connectivity index (χ3n) is 2.20. The highest BCUT2D eigenvalue weighted by molar-refractivity contribution is 7.10. The van der Waals surface area contributed by atoms with Crippen LogP contribution in [0.1, 0.15) is 35.5 Å². The van der Waals surface area contributed by atoms with E-state index >= 15 is 0 Å². The van der Waals surface area contributed by atoms with E-state index in [9.17, 15) is 4.79 Å². The molecule has 78 valence electrons. The topological polar surface area (TPSA) is 29.1 Å². The van der Waals surface area contributed by atoms with Crippen LogP contribution in [-0.4, -0.2) is 18.4 Å². The van der Waals surface area contributed by atoms with Crippen LogP contribution in [-0.2, 0) is 0 Å². The van der Waals surface area contributed by atoms with Crippen molar-refractivity contribution in [3.05, 3.63) is 21.9 Å². The maximum absolute atomic E-state index is 11.8. The average Bonchev–Trinajstić information content (AvgIpc) is 2.51. The Hall–Kier alpha value is -0.670. The summed E-state index contributed by atoms with van der Waals surface area (Å²) in [5.41, 5.74) is 0.889. The summed E-state index contributed by atoms with van der Waals surface area (Å²) in [4.78, 5) is 12.9.